The summed E-state index contributed by atoms with van der Waals surface area (Å²) in [5, 5.41) is 26.7. The van der Waals surface area contributed by atoms with Crippen molar-refractivity contribution in [2.24, 2.45) is 0 Å². The summed E-state index contributed by atoms with van der Waals surface area (Å²) in [6, 6.07) is 0. The molecule has 0 bridgehead atoms. The zero-order valence-electron chi connectivity index (χ0n) is 8.31. The minimum atomic E-state index is -0.932. The lowest BCUT2D eigenvalue weighted by Crippen LogP contribution is -2.46. The second-order valence-electron chi connectivity index (χ2n) is 3.15. The lowest BCUT2D eigenvalue weighted by molar-refractivity contribution is -0.147. The summed E-state index contributed by atoms with van der Waals surface area (Å²) in [7, 11) is 0. The van der Waals surface area contributed by atoms with E-state index in [9.17, 15) is 0 Å². The Morgan fingerprint density at radius 1 is 1.31 bits per heavy atom. The highest BCUT2D eigenvalue weighted by atomic mass is 16.5. The van der Waals surface area contributed by atoms with Crippen molar-refractivity contribution < 1.29 is 20.1 Å². The molecule has 0 spiro atoms. The summed E-state index contributed by atoms with van der Waals surface area (Å²) in [6.07, 6.45) is -0.592. The van der Waals surface area contributed by atoms with Gasteiger partial charge in [-0.2, -0.15) is 0 Å². The molecular weight excluding hydrogens is 172 g/mol. The molecule has 0 amide bonds. The van der Waals surface area contributed by atoms with Crippen molar-refractivity contribution in [1.29, 1.82) is 0 Å². The standard InChI is InChI=1S/C6H12O4.C3H8/c7-3-5-6(9)4(8)1-2-10-5;1-3-2/h4-9H,1-3H2;3H2,1-2H3. The van der Waals surface area contributed by atoms with E-state index in [2.05, 4.69) is 13.8 Å². The molecule has 0 aromatic heterocycles. The number of ether oxygens (including phenoxy) is 1. The van der Waals surface area contributed by atoms with E-state index >= 15 is 0 Å². The quantitative estimate of drug-likeness (QED) is 0.543. The molecule has 0 radical (unpaired) electrons. The molecule has 4 heteroatoms. The predicted molar refractivity (Wildman–Crippen MR) is 49.4 cm³/mol. The van der Waals surface area contributed by atoms with Crippen LogP contribution in [0.4, 0.5) is 0 Å². The first-order valence-electron chi connectivity index (χ1n) is 4.75. The van der Waals surface area contributed by atoms with Gasteiger partial charge in [0.2, 0.25) is 0 Å². The summed E-state index contributed by atoms with van der Waals surface area (Å²) in [5.74, 6) is 0. The monoisotopic (exact) mass is 192 g/mol. The highest BCUT2D eigenvalue weighted by Gasteiger charge is 2.30. The topological polar surface area (TPSA) is 69.9 Å². The largest absolute Gasteiger partial charge is 0.394 e. The summed E-state index contributed by atoms with van der Waals surface area (Å²) in [4.78, 5) is 0. The second kappa shape index (κ2) is 7.26. The third kappa shape index (κ3) is 4.57. The Morgan fingerprint density at radius 3 is 2.23 bits per heavy atom. The molecule has 80 valence electrons. The van der Waals surface area contributed by atoms with Crippen LogP contribution < -0.4 is 0 Å². The summed E-state index contributed by atoms with van der Waals surface area (Å²) >= 11 is 0. The van der Waals surface area contributed by atoms with Crippen molar-refractivity contribution in [3.8, 4) is 0 Å². The Labute approximate surface area is 79.2 Å². The number of aliphatic hydroxyl groups excluding tert-OH is 3. The Bertz CT molecular complexity index is 118. The average molecular weight is 192 g/mol. The lowest BCUT2D eigenvalue weighted by atomic mass is 10.0. The number of hydrogen-bond donors (Lipinski definition) is 3. The third-order valence-electron chi connectivity index (χ3n) is 1.70. The number of aliphatic hydroxyl groups is 3. The molecular formula is C9H20O4. The zero-order chi connectivity index (χ0) is 10.3. The Morgan fingerprint density at radius 2 is 1.85 bits per heavy atom. The molecule has 1 aliphatic rings. The predicted octanol–water partition coefficient (Wildman–Crippen LogP) is -0.0943. The van der Waals surface area contributed by atoms with Gasteiger partial charge in [-0.25, -0.2) is 0 Å². The van der Waals surface area contributed by atoms with Gasteiger partial charge in [-0.05, 0) is 6.42 Å². The van der Waals surface area contributed by atoms with E-state index < -0.39 is 18.3 Å². The van der Waals surface area contributed by atoms with Crippen LogP contribution in [-0.2, 0) is 4.74 Å². The first-order valence-corrected chi connectivity index (χ1v) is 4.75. The molecule has 1 saturated heterocycles. The SMILES string of the molecule is CCC.OCC1OCCC(O)C1O. The molecule has 1 fully saturated rings. The molecule has 1 rings (SSSR count). The van der Waals surface area contributed by atoms with Crippen LogP contribution in [0.25, 0.3) is 0 Å². The molecule has 1 heterocycles. The molecule has 1 aliphatic heterocycles. The Kier molecular flexibility index (Phi) is 7.17. The van der Waals surface area contributed by atoms with Gasteiger partial charge in [-0.15, -0.1) is 0 Å². The average Bonchev–Trinajstić information content (AvgIpc) is 2.11. The fourth-order valence-electron chi connectivity index (χ4n) is 1.02. The second-order valence-corrected chi connectivity index (χ2v) is 3.15. The van der Waals surface area contributed by atoms with Crippen molar-refractivity contribution in [1.82, 2.24) is 0 Å². The van der Waals surface area contributed by atoms with Gasteiger partial charge in [0.25, 0.3) is 0 Å². The molecule has 13 heavy (non-hydrogen) atoms. The summed E-state index contributed by atoms with van der Waals surface area (Å²) in [6.45, 7) is 4.42. The maximum atomic E-state index is 9.10. The summed E-state index contributed by atoms with van der Waals surface area (Å²) < 4.78 is 4.95. The van der Waals surface area contributed by atoms with Gasteiger partial charge >= 0.3 is 0 Å². The van der Waals surface area contributed by atoms with Crippen LogP contribution in [0, 0.1) is 0 Å². The van der Waals surface area contributed by atoms with Crippen LogP contribution in [0.1, 0.15) is 26.7 Å². The van der Waals surface area contributed by atoms with Crippen LogP contribution in [0.3, 0.4) is 0 Å². The van der Waals surface area contributed by atoms with Crippen molar-refractivity contribution in [2.45, 2.75) is 45.0 Å². The van der Waals surface area contributed by atoms with E-state index in [1.807, 2.05) is 0 Å². The van der Waals surface area contributed by atoms with Gasteiger partial charge < -0.3 is 20.1 Å². The van der Waals surface area contributed by atoms with E-state index in [1.165, 1.54) is 6.42 Å². The first-order chi connectivity index (χ1) is 6.17. The molecule has 0 aromatic carbocycles. The maximum Gasteiger partial charge on any atom is 0.109 e. The Hall–Kier alpha value is -0.160. The van der Waals surface area contributed by atoms with E-state index in [-0.39, 0.29) is 6.61 Å². The smallest absolute Gasteiger partial charge is 0.109 e. The molecule has 3 atom stereocenters. The van der Waals surface area contributed by atoms with Gasteiger partial charge in [-0.1, -0.05) is 20.3 Å². The van der Waals surface area contributed by atoms with Gasteiger partial charge in [0.15, 0.2) is 0 Å². The highest BCUT2D eigenvalue weighted by molar-refractivity contribution is 4.79. The van der Waals surface area contributed by atoms with Gasteiger partial charge in [0, 0.05) is 6.61 Å². The van der Waals surface area contributed by atoms with Crippen LogP contribution in [0.15, 0.2) is 0 Å². The molecule has 0 aromatic rings. The van der Waals surface area contributed by atoms with Crippen LogP contribution in [-0.4, -0.2) is 46.8 Å². The number of hydrogen-bond acceptors (Lipinski definition) is 4. The van der Waals surface area contributed by atoms with E-state index in [0.717, 1.165) is 0 Å². The highest BCUT2D eigenvalue weighted by Crippen LogP contribution is 2.13. The zero-order valence-corrected chi connectivity index (χ0v) is 8.31. The van der Waals surface area contributed by atoms with Crippen molar-refractivity contribution in [3.05, 3.63) is 0 Å². The van der Waals surface area contributed by atoms with Crippen LogP contribution in [0.2, 0.25) is 0 Å². The lowest BCUT2D eigenvalue weighted by Gasteiger charge is -2.30. The van der Waals surface area contributed by atoms with Crippen LogP contribution in [0.5, 0.6) is 0 Å². The normalized spacial score (nSPS) is 33.5. The minimum absolute atomic E-state index is 0.238. The fourth-order valence-corrected chi connectivity index (χ4v) is 1.02. The molecule has 4 nitrogen and oxygen atoms in total. The van der Waals surface area contributed by atoms with Crippen molar-refractivity contribution in [3.63, 3.8) is 0 Å². The Balaban J connectivity index is 0.000000424. The van der Waals surface area contributed by atoms with Gasteiger partial charge in [-0.3, -0.25) is 0 Å². The fraction of sp³-hybridized carbons (Fsp3) is 1.00. The van der Waals surface area contributed by atoms with E-state index in [1.54, 1.807) is 0 Å². The molecule has 3 N–H and O–H groups in total. The number of rotatable bonds is 1. The maximum absolute atomic E-state index is 9.10. The van der Waals surface area contributed by atoms with Crippen molar-refractivity contribution >= 4 is 0 Å². The molecule has 0 aliphatic carbocycles. The molecule has 0 saturated carbocycles. The van der Waals surface area contributed by atoms with Crippen molar-refractivity contribution in [2.75, 3.05) is 13.2 Å². The minimum Gasteiger partial charge on any atom is -0.394 e. The molecule has 3 unspecified atom stereocenters. The van der Waals surface area contributed by atoms with E-state index in [0.29, 0.717) is 13.0 Å². The van der Waals surface area contributed by atoms with Gasteiger partial charge in [0.1, 0.15) is 12.2 Å². The first kappa shape index (κ1) is 12.8. The summed E-state index contributed by atoms with van der Waals surface area (Å²) in [5.41, 5.74) is 0. The third-order valence-corrected chi connectivity index (χ3v) is 1.70. The van der Waals surface area contributed by atoms with E-state index in [4.69, 9.17) is 20.1 Å². The van der Waals surface area contributed by atoms with Crippen LogP contribution >= 0.6 is 0 Å². The van der Waals surface area contributed by atoms with Gasteiger partial charge in [0.05, 0.1) is 12.7 Å².